The number of aliphatic hydroxyl groups excluding tert-OH is 1. The predicted molar refractivity (Wildman–Crippen MR) is 54.3 cm³/mol. The third-order valence-electron chi connectivity index (χ3n) is 2.86. The van der Waals surface area contributed by atoms with E-state index in [-0.39, 0.29) is 12.6 Å². The molecular formula is C11H19NO. The summed E-state index contributed by atoms with van der Waals surface area (Å²) < 4.78 is 0. The maximum atomic E-state index is 9.16. The van der Waals surface area contributed by atoms with Crippen LogP contribution in [0.25, 0.3) is 0 Å². The van der Waals surface area contributed by atoms with Crippen molar-refractivity contribution in [2.75, 3.05) is 6.61 Å². The number of aliphatic hydroxyl groups is 1. The van der Waals surface area contributed by atoms with Crippen LogP contribution in [0, 0.1) is 18.3 Å². The van der Waals surface area contributed by atoms with Crippen molar-refractivity contribution in [3.05, 3.63) is 0 Å². The minimum atomic E-state index is 0.122. The van der Waals surface area contributed by atoms with Crippen LogP contribution in [0.4, 0.5) is 0 Å². The molecule has 1 rings (SSSR count). The molecule has 13 heavy (non-hydrogen) atoms. The van der Waals surface area contributed by atoms with E-state index in [9.17, 15) is 0 Å². The van der Waals surface area contributed by atoms with Gasteiger partial charge in [0, 0.05) is 12.6 Å². The fourth-order valence-electron chi connectivity index (χ4n) is 2.01. The summed E-state index contributed by atoms with van der Waals surface area (Å²) >= 11 is 0. The average Bonchev–Trinajstić information content (AvgIpc) is 2.18. The van der Waals surface area contributed by atoms with Crippen LogP contribution in [-0.4, -0.2) is 23.8 Å². The highest BCUT2D eigenvalue weighted by Crippen LogP contribution is 2.24. The minimum Gasteiger partial charge on any atom is -0.396 e. The van der Waals surface area contributed by atoms with Gasteiger partial charge in [0.1, 0.15) is 0 Å². The van der Waals surface area contributed by atoms with Crippen LogP contribution in [0.1, 0.15) is 32.6 Å². The van der Waals surface area contributed by atoms with Gasteiger partial charge in [0.2, 0.25) is 0 Å². The van der Waals surface area contributed by atoms with Crippen molar-refractivity contribution in [3.8, 4) is 12.3 Å². The molecule has 74 valence electrons. The lowest BCUT2D eigenvalue weighted by molar-refractivity contribution is 0.151. The second-order valence-electron chi connectivity index (χ2n) is 3.89. The Labute approximate surface area is 80.7 Å². The molecule has 3 atom stereocenters. The van der Waals surface area contributed by atoms with Crippen molar-refractivity contribution in [2.24, 2.45) is 5.92 Å². The molecule has 1 saturated carbocycles. The van der Waals surface area contributed by atoms with Gasteiger partial charge >= 0.3 is 0 Å². The largest absolute Gasteiger partial charge is 0.396 e. The summed E-state index contributed by atoms with van der Waals surface area (Å²) in [7, 11) is 0. The van der Waals surface area contributed by atoms with Gasteiger partial charge in [0.15, 0.2) is 0 Å². The van der Waals surface area contributed by atoms with Crippen LogP contribution in [0.3, 0.4) is 0 Å². The molecule has 1 aliphatic rings. The first-order valence-electron chi connectivity index (χ1n) is 5.11. The van der Waals surface area contributed by atoms with Crippen LogP contribution in [-0.2, 0) is 0 Å². The zero-order valence-electron chi connectivity index (χ0n) is 8.29. The number of nitrogens with one attached hydrogen (secondary N) is 1. The number of hydrogen-bond acceptors (Lipinski definition) is 2. The van der Waals surface area contributed by atoms with Crippen molar-refractivity contribution < 1.29 is 5.11 Å². The number of rotatable bonds is 3. The maximum Gasteiger partial charge on any atom is 0.0660 e. The molecule has 0 bridgehead atoms. The van der Waals surface area contributed by atoms with E-state index in [0.29, 0.717) is 12.0 Å². The van der Waals surface area contributed by atoms with E-state index in [1.165, 1.54) is 12.8 Å². The SMILES string of the molecule is C#CC(C)NC1CCCCC1CO. The molecule has 0 radical (unpaired) electrons. The first-order valence-corrected chi connectivity index (χ1v) is 5.11. The molecule has 3 unspecified atom stereocenters. The molecule has 0 aliphatic heterocycles. The second-order valence-corrected chi connectivity index (χ2v) is 3.89. The number of terminal acetylenes is 1. The van der Waals surface area contributed by atoms with E-state index in [1.54, 1.807) is 0 Å². The highest BCUT2D eigenvalue weighted by molar-refractivity contribution is 4.98. The van der Waals surface area contributed by atoms with E-state index >= 15 is 0 Å². The second kappa shape index (κ2) is 5.26. The molecule has 0 saturated heterocycles. The summed E-state index contributed by atoms with van der Waals surface area (Å²) in [6.45, 7) is 2.28. The van der Waals surface area contributed by atoms with E-state index in [2.05, 4.69) is 11.2 Å². The van der Waals surface area contributed by atoms with Crippen LogP contribution in [0.15, 0.2) is 0 Å². The maximum absolute atomic E-state index is 9.16. The summed E-state index contributed by atoms with van der Waals surface area (Å²) in [6.07, 6.45) is 10.1. The highest BCUT2D eigenvalue weighted by atomic mass is 16.3. The van der Waals surface area contributed by atoms with Crippen LogP contribution in [0.5, 0.6) is 0 Å². The van der Waals surface area contributed by atoms with Gasteiger partial charge in [0.25, 0.3) is 0 Å². The summed E-state index contributed by atoms with van der Waals surface area (Å²) in [5.74, 6) is 3.07. The third kappa shape index (κ3) is 3.02. The zero-order chi connectivity index (χ0) is 9.68. The van der Waals surface area contributed by atoms with Gasteiger partial charge in [-0.25, -0.2) is 0 Å². The van der Waals surface area contributed by atoms with Crippen LogP contribution >= 0.6 is 0 Å². The van der Waals surface area contributed by atoms with Crippen molar-refractivity contribution >= 4 is 0 Å². The van der Waals surface area contributed by atoms with E-state index in [4.69, 9.17) is 11.5 Å². The lowest BCUT2D eigenvalue weighted by Crippen LogP contribution is -2.44. The van der Waals surface area contributed by atoms with Gasteiger partial charge in [0.05, 0.1) is 6.04 Å². The highest BCUT2D eigenvalue weighted by Gasteiger charge is 2.24. The van der Waals surface area contributed by atoms with Crippen molar-refractivity contribution in [1.82, 2.24) is 5.32 Å². The topological polar surface area (TPSA) is 32.3 Å². The Morgan fingerprint density at radius 3 is 2.85 bits per heavy atom. The predicted octanol–water partition coefficient (Wildman–Crippen LogP) is 1.15. The molecular weight excluding hydrogens is 162 g/mol. The first-order chi connectivity index (χ1) is 6.27. The van der Waals surface area contributed by atoms with Gasteiger partial charge in [-0.3, -0.25) is 0 Å². The lowest BCUT2D eigenvalue weighted by atomic mass is 9.85. The van der Waals surface area contributed by atoms with E-state index < -0.39 is 0 Å². The lowest BCUT2D eigenvalue weighted by Gasteiger charge is -2.32. The molecule has 2 N–H and O–H groups in total. The van der Waals surface area contributed by atoms with Gasteiger partial charge in [-0.15, -0.1) is 6.42 Å². The van der Waals surface area contributed by atoms with Gasteiger partial charge in [-0.1, -0.05) is 18.8 Å². The molecule has 0 amide bonds. The number of hydrogen-bond donors (Lipinski definition) is 2. The fourth-order valence-corrected chi connectivity index (χ4v) is 2.01. The summed E-state index contributed by atoms with van der Waals surface area (Å²) in [6, 6.07) is 0.543. The molecule has 0 aromatic carbocycles. The summed E-state index contributed by atoms with van der Waals surface area (Å²) in [5, 5.41) is 12.5. The minimum absolute atomic E-state index is 0.122. The van der Waals surface area contributed by atoms with Gasteiger partial charge in [-0.05, 0) is 25.7 Å². The van der Waals surface area contributed by atoms with Crippen molar-refractivity contribution in [2.45, 2.75) is 44.7 Å². The Balaban J connectivity index is 2.41. The molecule has 0 heterocycles. The Kier molecular flexibility index (Phi) is 4.27. The Morgan fingerprint density at radius 2 is 2.23 bits per heavy atom. The quantitative estimate of drug-likeness (QED) is 0.640. The standard InChI is InChI=1S/C11H19NO/c1-3-9(2)12-11-7-5-4-6-10(11)8-13/h1,9-13H,4-8H2,2H3. The molecule has 0 spiro atoms. The summed E-state index contributed by atoms with van der Waals surface area (Å²) in [4.78, 5) is 0. The Hall–Kier alpha value is -0.520. The average molecular weight is 181 g/mol. The normalized spacial score (nSPS) is 30.8. The third-order valence-corrected chi connectivity index (χ3v) is 2.86. The molecule has 0 aromatic rings. The molecule has 0 aromatic heterocycles. The molecule has 2 nitrogen and oxygen atoms in total. The summed E-state index contributed by atoms with van der Waals surface area (Å²) in [5.41, 5.74) is 0. The van der Waals surface area contributed by atoms with E-state index in [0.717, 1.165) is 12.8 Å². The van der Waals surface area contributed by atoms with Gasteiger partial charge < -0.3 is 10.4 Å². The van der Waals surface area contributed by atoms with Crippen LogP contribution in [0.2, 0.25) is 0 Å². The smallest absolute Gasteiger partial charge is 0.0660 e. The molecule has 2 heteroatoms. The fraction of sp³-hybridized carbons (Fsp3) is 0.818. The molecule has 1 aliphatic carbocycles. The molecule has 1 fully saturated rings. The van der Waals surface area contributed by atoms with Crippen LogP contribution < -0.4 is 5.32 Å². The first kappa shape index (κ1) is 10.6. The zero-order valence-corrected chi connectivity index (χ0v) is 8.29. The monoisotopic (exact) mass is 181 g/mol. The Bertz CT molecular complexity index is 185. The van der Waals surface area contributed by atoms with Gasteiger partial charge in [-0.2, -0.15) is 0 Å². The van der Waals surface area contributed by atoms with Crippen molar-refractivity contribution in [3.63, 3.8) is 0 Å². The van der Waals surface area contributed by atoms with Crippen molar-refractivity contribution in [1.29, 1.82) is 0 Å². The Morgan fingerprint density at radius 1 is 1.54 bits per heavy atom. The van der Waals surface area contributed by atoms with E-state index in [1.807, 2.05) is 6.92 Å².